The summed E-state index contributed by atoms with van der Waals surface area (Å²) in [5, 5.41) is 4.45. The molecule has 23 heavy (non-hydrogen) atoms. The van der Waals surface area contributed by atoms with Crippen LogP contribution in [0.25, 0.3) is 0 Å². The van der Waals surface area contributed by atoms with Crippen molar-refractivity contribution in [3.05, 3.63) is 57.0 Å². The van der Waals surface area contributed by atoms with Gasteiger partial charge in [0.15, 0.2) is 0 Å². The summed E-state index contributed by atoms with van der Waals surface area (Å²) in [6.45, 7) is 9.21. The van der Waals surface area contributed by atoms with E-state index in [2.05, 4.69) is 50.1 Å². The molecule has 2 aromatic rings. The van der Waals surface area contributed by atoms with Crippen LogP contribution in [0.1, 0.15) is 45.2 Å². The van der Waals surface area contributed by atoms with Crippen LogP contribution < -0.4 is 5.56 Å². The Hall–Kier alpha value is -1.26. The number of thioether (sulfide) groups is 1. The minimum Gasteiger partial charge on any atom is -0.266 e. The highest BCUT2D eigenvalue weighted by atomic mass is 35.5. The minimum absolute atomic E-state index is 0.155. The van der Waals surface area contributed by atoms with Crippen LogP contribution in [-0.2, 0) is 17.7 Å². The Morgan fingerprint density at radius 3 is 2.43 bits per heavy atom. The first-order chi connectivity index (χ1) is 10.8. The van der Waals surface area contributed by atoms with Crippen molar-refractivity contribution in [2.24, 2.45) is 0 Å². The average molecular weight is 351 g/mol. The van der Waals surface area contributed by atoms with Crippen LogP contribution in [0.4, 0.5) is 0 Å². The second-order valence-corrected chi connectivity index (χ2v) is 7.98. The van der Waals surface area contributed by atoms with Gasteiger partial charge < -0.3 is 0 Å². The van der Waals surface area contributed by atoms with E-state index in [-0.39, 0.29) is 16.0 Å². The lowest BCUT2D eigenvalue weighted by molar-refractivity contribution is 0.563. The van der Waals surface area contributed by atoms with Crippen LogP contribution in [0, 0.1) is 0 Å². The van der Waals surface area contributed by atoms with E-state index in [1.165, 1.54) is 15.8 Å². The third-order valence-electron chi connectivity index (χ3n) is 3.60. The Morgan fingerprint density at radius 2 is 1.87 bits per heavy atom. The number of aryl methyl sites for hydroxylation is 1. The van der Waals surface area contributed by atoms with Crippen molar-refractivity contribution < 1.29 is 0 Å². The summed E-state index contributed by atoms with van der Waals surface area (Å²) >= 11 is 7.74. The fourth-order valence-corrected chi connectivity index (χ4v) is 3.34. The number of rotatable bonds is 5. The van der Waals surface area contributed by atoms with Gasteiger partial charge in [0.05, 0.1) is 11.1 Å². The molecular formula is C18H23ClN2OS. The molecule has 1 aromatic carbocycles. The Labute approximate surface area is 147 Å². The van der Waals surface area contributed by atoms with Crippen molar-refractivity contribution in [3.8, 4) is 0 Å². The maximum Gasteiger partial charge on any atom is 0.286 e. The zero-order chi connectivity index (χ0) is 17.0. The molecule has 1 heterocycles. The molecule has 0 aliphatic heterocycles. The van der Waals surface area contributed by atoms with Gasteiger partial charge in [-0.05, 0) is 23.0 Å². The number of nitrogens with zero attached hydrogens (tertiary/aromatic N) is 2. The van der Waals surface area contributed by atoms with Crippen molar-refractivity contribution in [2.75, 3.05) is 0 Å². The van der Waals surface area contributed by atoms with Crippen molar-refractivity contribution in [1.29, 1.82) is 0 Å². The van der Waals surface area contributed by atoms with E-state index in [4.69, 9.17) is 11.6 Å². The molecule has 2 rings (SSSR count). The highest BCUT2D eigenvalue weighted by Crippen LogP contribution is 2.28. The molecule has 0 N–H and O–H groups in total. The van der Waals surface area contributed by atoms with E-state index in [9.17, 15) is 4.79 Å². The molecule has 0 saturated heterocycles. The zero-order valence-electron chi connectivity index (χ0n) is 14.1. The van der Waals surface area contributed by atoms with Gasteiger partial charge in [-0.25, -0.2) is 4.68 Å². The summed E-state index contributed by atoms with van der Waals surface area (Å²) in [6, 6.07) is 8.59. The molecule has 0 aliphatic carbocycles. The van der Waals surface area contributed by atoms with E-state index in [1.54, 1.807) is 18.0 Å². The monoisotopic (exact) mass is 350 g/mol. The largest absolute Gasteiger partial charge is 0.286 e. The number of aromatic nitrogens is 2. The van der Waals surface area contributed by atoms with E-state index in [1.807, 2.05) is 6.92 Å². The maximum absolute atomic E-state index is 12.1. The van der Waals surface area contributed by atoms with Gasteiger partial charge >= 0.3 is 0 Å². The van der Waals surface area contributed by atoms with Gasteiger partial charge in [0, 0.05) is 12.3 Å². The Morgan fingerprint density at radius 1 is 1.22 bits per heavy atom. The number of halogens is 1. The number of benzene rings is 1. The Balaban J connectivity index is 2.09. The molecule has 0 atom stereocenters. The summed E-state index contributed by atoms with van der Waals surface area (Å²) in [5.41, 5.74) is 2.47. The van der Waals surface area contributed by atoms with Crippen molar-refractivity contribution in [3.63, 3.8) is 0 Å². The Kier molecular flexibility index (Phi) is 5.93. The molecule has 124 valence electrons. The lowest BCUT2D eigenvalue weighted by Crippen LogP contribution is -2.23. The molecule has 0 fully saturated rings. The molecule has 0 amide bonds. The summed E-state index contributed by atoms with van der Waals surface area (Å²) < 4.78 is 1.42. The highest BCUT2D eigenvalue weighted by Gasteiger charge is 2.13. The first kappa shape index (κ1) is 18.1. The van der Waals surface area contributed by atoms with Crippen LogP contribution in [0.5, 0.6) is 0 Å². The van der Waals surface area contributed by atoms with Crippen LogP contribution in [0.3, 0.4) is 0 Å². The van der Waals surface area contributed by atoms with Gasteiger partial charge in [0.1, 0.15) is 5.02 Å². The van der Waals surface area contributed by atoms with Gasteiger partial charge in [-0.2, -0.15) is 5.10 Å². The third-order valence-corrected chi connectivity index (χ3v) is 5.18. The van der Waals surface area contributed by atoms with Gasteiger partial charge in [0.25, 0.3) is 5.56 Å². The molecular weight excluding hydrogens is 328 g/mol. The molecule has 0 spiro atoms. The van der Waals surface area contributed by atoms with Crippen LogP contribution in [0.15, 0.2) is 40.2 Å². The quantitative estimate of drug-likeness (QED) is 0.719. The molecule has 3 nitrogen and oxygen atoms in total. The molecule has 0 saturated carbocycles. The topological polar surface area (TPSA) is 34.9 Å². The van der Waals surface area contributed by atoms with Crippen molar-refractivity contribution in [1.82, 2.24) is 9.78 Å². The first-order valence-electron chi connectivity index (χ1n) is 7.80. The van der Waals surface area contributed by atoms with Crippen molar-refractivity contribution in [2.45, 2.75) is 56.7 Å². The number of hydrogen-bond acceptors (Lipinski definition) is 3. The predicted octanol–water partition coefficient (Wildman–Crippen LogP) is 4.90. The molecule has 0 unspecified atom stereocenters. The maximum atomic E-state index is 12.1. The van der Waals surface area contributed by atoms with E-state index in [0.717, 1.165) is 17.1 Å². The summed E-state index contributed by atoms with van der Waals surface area (Å²) in [6.07, 6.45) is 2.55. The van der Waals surface area contributed by atoms with Gasteiger partial charge in [0.2, 0.25) is 0 Å². The second-order valence-electron chi connectivity index (χ2n) is 6.59. The second kappa shape index (κ2) is 7.54. The molecule has 0 aliphatic rings. The van der Waals surface area contributed by atoms with E-state index in [0.29, 0.717) is 6.54 Å². The summed E-state index contributed by atoms with van der Waals surface area (Å²) in [4.78, 5) is 12.8. The van der Waals surface area contributed by atoms with E-state index < -0.39 is 0 Å². The number of hydrogen-bond donors (Lipinski definition) is 0. The highest BCUT2D eigenvalue weighted by molar-refractivity contribution is 7.98. The van der Waals surface area contributed by atoms with Crippen LogP contribution >= 0.6 is 23.4 Å². The Bertz CT molecular complexity index is 717. The van der Waals surface area contributed by atoms with Gasteiger partial charge in [-0.1, -0.05) is 63.6 Å². The molecule has 1 aromatic heterocycles. The SMILES string of the molecule is CCCn1ncc(SCc2ccc(C(C)(C)C)cc2)c(Cl)c1=O. The first-order valence-corrected chi connectivity index (χ1v) is 9.17. The smallest absolute Gasteiger partial charge is 0.266 e. The molecule has 0 radical (unpaired) electrons. The van der Waals surface area contributed by atoms with Crippen molar-refractivity contribution >= 4 is 23.4 Å². The molecule has 5 heteroatoms. The predicted molar refractivity (Wildman–Crippen MR) is 98.5 cm³/mol. The lowest BCUT2D eigenvalue weighted by Gasteiger charge is -2.19. The fourth-order valence-electron chi connectivity index (χ4n) is 2.18. The average Bonchev–Trinajstić information content (AvgIpc) is 2.51. The van der Waals surface area contributed by atoms with Gasteiger partial charge in [-0.15, -0.1) is 11.8 Å². The van der Waals surface area contributed by atoms with Crippen LogP contribution in [-0.4, -0.2) is 9.78 Å². The summed E-state index contributed by atoms with van der Waals surface area (Å²) in [7, 11) is 0. The van der Waals surface area contributed by atoms with E-state index >= 15 is 0 Å². The minimum atomic E-state index is -0.207. The standard InChI is InChI=1S/C18H23ClN2OS/c1-5-10-21-17(22)16(19)15(11-20-21)23-12-13-6-8-14(9-7-13)18(2,3)4/h6-9,11H,5,10,12H2,1-4H3. The normalized spacial score (nSPS) is 11.7. The third kappa shape index (κ3) is 4.61. The summed E-state index contributed by atoms with van der Waals surface area (Å²) in [5.74, 6) is 0.767. The lowest BCUT2D eigenvalue weighted by atomic mass is 9.87. The zero-order valence-corrected chi connectivity index (χ0v) is 15.7. The van der Waals surface area contributed by atoms with Gasteiger partial charge in [-0.3, -0.25) is 4.79 Å². The molecule has 0 bridgehead atoms. The van der Waals surface area contributed by atoms with Crippen LogP contribution in [0.2, 0.25) is 5.02 Å². The fraction of sp³-hybridized carbons (Fsp3) is 0.444.